The minimum absolute atomic E-state index is 0.749. The summed E-state index contributed by atoms with van der Waals surface area (Å²) in [5.41, 5.74) is 1.69. The summed E-state index contributed by atoms with van der Waals surface area (Å²) in [6.07, 6.45) is 0. The van der Waals surface area contributed by atoms with Gasteiger partial charge in [0.05, 0.1) is 21.1 Å². The lowest BCUT2D eigenvalue weighted by atomic mass is 10.2. The molecule has 0 saturated carbocycles. The first-order valence-corrected chi connectivity index (χ1v) is 7.17. The molecular weight excluding hydrogens is 262 g/mol. The molecule has 3 nitrogen and oxygen atoms in total. The minimum atomic E-state index is 0.749. The Hall–Kier alpha value is -1.77. The third-order valence-electron chi connectivity index (χ3n) is 2.81. The van der Waals surface area contributed by atoms with Crippen LogP contribution in [0, 0.1) is 11.3 Å². The lowest BCUT2D eigenvalue weighted by Crippen LogP contribution is -2.05. The Morgan fingerprint density at radius 2 is 2.11 bits per heavy atom. The molecule has 0 atom stereocenters. The monoisotopic (exact) mass is 273 g/mol. The zero-order valence-electron chi connectivity index (χ0n) is 10.0. The summed E-state index contributed by atoms with van der Waals surface area (Å²) in [5, 5.41) is 13.5. The first kappa shape index (κ1) is 11.3. The van der Waals surface area contributed by atoms with Crippen molar-refractivity contribution in [3.63, 3.8) is 0 Å². The Bertz CT molecular complexity index is 740. The third kappa shape index (κ3) is 1.62. The van der Waals surface area contributed by atoms with Gasteiger partial charge < -0.3 is 9.88 Å². The van der Waals surface area contributed by atoms with E-state index >= 15 is 0 Å². The highest BCUT2D eigenvalue weighted by Gasteiger charge is 2.15. The van der Waals surface area contributed by atoms with E-state index in [2.05, 4.69) is 28.1 Å². The molecule has 0 bridgehead atoms. The number of H-pyrrole nitrogens is 1. The molecule has 3 aromatic rings. The number of anilines is 1. The quantitative estimate of drug-likeness (QED) is 0.769. The van der Waals surface area contributed by atoms with Crippen molar-refractivity contribution in [1.82, 2.24) is 4.98 Å². The maximum absolute atomic E-state index is 9.33. The molecule has 3 rings (SSSR count). The standard InChI is InChI=1S/C13H11N3S2/c1-16(2)11-4-3-10(18-11)12-9(7-14)8-5-6-17-13(8)15-12/h3-6,15H,1-2H3. The molecule has 0 unspecified atom stereocenters. The van der Waals surface area contributed by atoms with E-state index in [4.69, 9.17) is 0 Å². The van der Waals surface area contributed by atoms with Gasteiger partial charge in [-0.1, -0.05) is 0 Å². The minimum Gasteiger partial charge on any atom is -0.370 e. The number of aromatic nitrogens is 1. The number of nitrogens with zero attached hydrogens (tertiary/aromatic N) is 2. The number of thiophene rings is 2. The normalized spacial score (nSPS) is 10.7. The van der Waals surface area contributed by atoms with Gasteiger partial charge in [-0.15, -0.1) is 22.7 Å². The van der Waals surface area contributed by atoms with Gasteiger partial charge in [0, 0.05) is 19.5 Å². The Morgan fingerprint density at radius 3 is 2.78 bits per heavy atom. The van der Waals surface area contributed by atoms with E-state index in [-0.39, 0.29) is 0 Å². The SMILES string of the molecule is CN(C)c1ccc(-c2[nH]c3sccc3c2C#N)s1. The number of rotatable bonds is 2. The van der Waals surface area contributed by atoms with E-state index < -0.39 is 0 Å². The van der Waals surface area contributed by atoms with Crippen LogP contribution >= 0.6 is 22.7 Å². The molecule has 0 radical (unpaired) electrons. The van der Waals surface area contributed by atoms with E-state index in [1.54, 1.807) is 22.7 Å². The fourth-order valence-electron chi connectivity index (χ4n) is 1.92. The maximum atomic E-state index is 9.33. The van der Waals surface area contributed by atoms with Crippen LogP contribution in [0.1, 0.15) is 5.56 Å². The number of fused-ring (bicyclic) bond motifs is 1. The molecule has 18 heavy (non-hydrogen) atoms. The number of nitriles is 1. The van der Waals surface area contributed by atoms with Gasteiger partial charge >= 0.3 is 0 Å². The zero-order valence-corrected chi connectivity index (χ0v) is 11.7. The van der Waals surface area contributed by atoms with Crippen molar-refractivity contribution >= 4 is 37.9 Å². The molecule has 0 saturated heterocycles. The predicted octanol–water partition coefficient (Wildman–Crippen LogP) is 3.90. The van der Waals surface area contributed by atoms with Crippen molar-refractivity contribution < 1.29 is 0 Å². The molecule has 0 aliphatic heterocycles. The van der Waals surface area contributed by atoms with E-state index in [1.807, 2.05) is 25.5 Å². The molecule has 0 amide bonds. The van der Waals surface area contributed by atoms with Crippen LogP contribution in [0.2, 0.25) is 0 Å². The Morgan fingerprint density at radius 1 is 1.28 bits per heavy atom. The second-order valence-electron chi connectivity index (χ2n) is 4.18. The van der Waals surface area contributed by atoms with Crippen LogP contribution in [-0.2, 0) is 0 Å². The average Bonchev–Trinajstić information content (AvgIpc) is 3.02. The first-order valence-electron chi connectivity index (χ1n) is 5.47. The van der Waals surface area contributed by atoms with E-state index in [9.17, 15) is 5.26 Å². The van der Waals surface area contributed by atoms with Gasteiger partial charge in [0.15, 0.2) is 0 Å². The fraction of sp³-hybridized carbons (Fsp3) is 0.154. The van der Waals surface area contributed by atoms with Gasteiger partial charge in [-0.2, -0.15) is 5.26 Å². The number of hydrogen-bond donors (Lipinski definition) is 1. The number of hydrogen-bond acceptors (Lipinski definition) is 4. The summed E-state index contributed by atoms with van der Waals surface area (Å²) in [5.74, 6) is 0. The second kappa shape index (κ2) is 4.16. The predicted molar refractivity (Wildman–Crippen MR) is 78.5 cm³/mol. The van der Waals surface area contributed by atoms with Gasteiger partial charge in [-0.3, -0.25) is 0 Å². The fourth-order valence-corrected chi connectivity index (χ4v) is 3.65. The molecule has 0 aliphatic carbocycles. The summed E-state index contributed by atoms with van der Waals surface area (Å²) >= 11 is 3.32. The highest BCUT2D eigenvalue weighted by atomic mass is 32.1. The number of aromatic amines is 1. The average molecular weight is 273 g/mol. The first-order chi connectivity index (χ1) is 8.70. The second-order valence-corrected chi connectivity index (χ2v) is 6.16. The van der Waals surface area contributed by atoms with E-state index in [0.717, 1.165) is 26.4 Å². The molecule has 0 spiro atoms. The van der Waals surface area contributed by atoms with Gasteiger partial charge in [0.25, 0.3) is 0 Å². The Kier molecular flexibility index (Phi) is 2.62. The molecule has 90 valence electrons. The van der Waals surface area contributed by atoms with Crippen LogP contribution in [0.5, 0.6) is 0 Å². The molecule has 5 heteroatoms. The summed E-state index contributed by atoms with van der Waals surface area (Å²) in [7, 11) is 4.04. The van der Waals surface area contributed by atoms with Crippen molar-refractivity contribution in [3.8, 4) is 16.6 Å². The van der Waals surface area contributed by atoms with Crippen LogP contribution in [0.15, 0.2) is 23.6 Å². The van der Waals surface area contributed by atoms with Gasteiger partial charge in [0.1, 0.15) is 10.9 Å². The highest BCUT2D eigenvalue weighted by Crippen LogP contribution is 2.38. The van der Waals surface area contributed by atoms with Crippen molar-refractivity contribution in [2.24, 2.45) is 0 Å². The molecule has 3 aromatic heterocycles. The zero-order chi connectivity index (χ0) is 12.7. The van der Waals surface area contributed by atoms with Crippen molar-refractivity contribution in [2.45, 2.75) is 0 Å². The van der Waals surface area contributed by atoms with Crippen molar-refractivity contribution in [2.75, 3.05) is 19.0 Å². The molecule has 0 aliphatic rings. The topological polar surface area (TPSA) is 42.8 Å². The molecule has 1 N–H and O–H groups in total. The lowest BCUT2D eigenvalue weighted by molar-refractivity contribution is 1.16. The summed E-state index contributed by atoms with van der Waals surface area (Å²) in [6.45, 7) is 0. The van der Waals surface area contributed by atoms with Crippen LogP contribution in [0.25, 0.3) is 20.8 Å². The van der Waals surface area contributed by atoms with Crippen LogP contribution in [0.3, 0.4) is 0 Å². The molecule has 3 heterocycles. The van der Waals surface area contributed by atoms with E-state index in [0.29, 0.717) is 0 Å². The van der Waals surface area contributed by atoms with Gasteiger partial charge in [0.2, 0.25) is 0 Å². The van der Waals surface area contributed by atoms with Gasteiger partial charge in [-0.05, 0) is 23.6 Å². The molecular formula is C13H11N3S2. The largest absolute Gasteiger partial charge is 0.370 e. The summed E-state index contributed by atoms with van der Waals surface area (Å²) < 4.78 is 0. The third-order valence-corrected chi connectivity index (χ3v) is 4.91. The Balaban J connectivity index is 2.18. The Labute approximate surface area is 113 Å². The van der Waals surface area contributed by atoms with Crippen molar-refractivity contribution in [1.29, 1.82) is 5.26 Å². The molecule has 0 aromatic carbocycles. The lowest BCUT2D eigenvalue weighted by Gasteiger charge is -2.07. The van der Waals surface area contributed by atoms with Crippen LogP contribution in [0.4, 0.5) is 5.00 Å². The summed E-state index contributed by atoms with van der Waals surface area (Å²) in [6, 6.07) is 8.45. The van der Waals surface area contributed by atoms with Crippen LogP contribution < -0.4 is 4.90 Å². The maximum Gasteiger partial charge on any atom is 0.102 e. The summed E-state index contributed by atoms with van der Waals surface area (Å²) in [4.78, 5) is 7.61. The molecule has 0 fully saturated rings. The number of nitrogens with one attached hydrogen (secondary N) is 1. The smallest absolute Gasteiger partial charge is 0.102 e. The van der Waals surface area contributed by atoms with E-state index in [1.165, 1.54) is 5.00 Å². The van der Waals surface area contributed by atoms with Crippen LogP contribution in [-0.4, -0.2) is 19.1 Å². The van der Waals surface area contributed by atoms with Gasteiger partial charge in [-0.25, -0.2) is 0 Å². The van der Waals surface area contributed by atoms with Crippen molar-refractivity contribution in [3.05, 3.63) is 29.1 Å². The highest BCUT2D eigenvalue weighted by molar-refractivity contribution is 7.19.